The summed E-state index contributed by atoms with van der Waals surface area (Å²) < 4.78 is 46.4. The molecule has 3 heterocycles. The normalized spacial score (nSPS) is 34.0. The van der Waals surface area contributed by atoms with Crippen molar-refractivity contribution in [1.29, 1.82) is 0 Å². The van der Waals surface area contributed by atoms with Gasteiger partial charge in [0.1, 0.15) is 29.8 Å². The Labute approximate surface area is 344 Å². The molecule has 1 aromatic carbocycles. The molecule has 0 radical (unpaired) electrons. The lowest BCUT2D eigenvalue weighted by molar-refractivity contribution is -0.142. The number of ether oxygens (including phenoxy) is 3. The predicted octanol–water partition coefficient (Wildman–Crippen LogP) is 5.41. The van der Waals surface area contributed by atoms with Gasteiger partial charge < -0.3 is 29.7 Å². The molecule has 3 N–H and O–H groups in total. The zero-order valence-corrected chi connectivity index (χ0v) is 34.9. The van der Waals surface area contributed by atoms with E-state index >= 15 is 0 Å². The van der Waals surface area contributed by atoms with Gasteiger partial charge in [-0.15, -0.1) is 0 Å². The van der Waals surface area contributed by atoms with Crippen LogP contribution in [-0.4, -0.2) is 90.3 Å². The van der Waals surface area contributed by atoms with Crippen molar-refractivity contribution in [2.75, 3.05) is 13.2 Å². The lowest BCUT2D eigenvalue weighted by atomic mass is 9.88. The van der Waals surface area contributed by atoms with Crippen molar-refractivity contribution >= 4 is 56.2 Å². The van der Waals surface area contributed by atoms with E-state index in [4.69, 9.17) is 25.8 Å². The quantitative estimate of drug-likeness (QED) is 0.262. The Bertz CT molecular complexity index is 2090. The van der Waals surface area contributed by atoms with E-state index in [0.717, 1.165) is 25.7 Å². The van der Waals surface area contributed by atoms with Crippen LogP contribution in [0.25, 0.3) is 10.8 Å². The van der Waals surface area contributed by atoms with Crippen LogP contribution in [-0.2, 0) is 29.1 Å². The number of rotatable bonds is 10. The van der Waals surface area contributed by atoms with Crippen LogP contribution >= 0.6 is 11.6 Å². The molecule has 1 aromatic heterocycles. The molecule has 58 heavy (non-hydrogen) atoms. The third-order valence-corrected chi connectivity index (χ3v) is 15.0. The Kier molecular flexibility index (Phi) is 11.3. The van der Waals surface area contributed by atoms with E-state index in [1.165, 1.54) is 11.3 Å². The Balaban J connectivity index is 1.11. The number of benzene rings is 1. The van der Waals surface area contributed by atoms with E-state index in [0.29, 0.717) is 65.8 Å². The largest absolute Gasteiger partial charge is 0.478 e. The molecule has 2 unspecified atom stereocenters. The molecule has 4 aliphatic carbocycles. The summed E-state index contributed by atoms with van der Waals surface area (Å²) in [6.45, 7) is 6.38. The van der Waals surface area contributed by atoms with Crippen LogP contribution in [0.3, 0.4) is 0 Å². The number of halogens is 1. The van der Waals surface area contributed by atoms with E-state index in [2.05, 4.69) is 27.3 Å². The summed E-state index contributed by atoms with van der Waals surface area (Å²) in [5.41, 5.74) is -1.52. The van der Waals surface area contributed by atoms with Crippen LogP contribution in [0, 0.1) is 29.6 Å². The molecule has 8 rings (SSSR count). The molecule has 5 fully saturated rings. The molecule has 2 aromatic rings. The van der Waals surface area contributed by atoms with Crippen molar-refractivity contribution in [3.8, 4) is 11.8 Å². The highest BCUT2D eigenvalue weighted by Gasteiger charge is 2.62. The van der Waals surface area contributed by atoms with Gasteiger partial charge in [-0.1, -0.05) is 50.6 Å². The zero-order chi connectivity index (χ0) is 40.9. The molecule has 0 spiro atoms. The average molecular weight is 840 g/mol. The maximum Gasteiger partial charge on any atom is 0.408 e. The fraction of sp³-hybridized carbons (Fsp3) is 0.643. The summed E-state index contributed by atoms with van der Waals surface area (Å²) in [5, 5.41) is 6.94. The highest BCUT2D eigenvalue weighted by molar-refractivity contribution is 7.91. The summed E-state index contributed by atoms with van der Waals surface area (Å²) >= 11 is 6.61. The van der Waals surface area contributed by atoms with Crippen molar-refractivity contribution in [3.05, 3.63) is 41.4 Å². The maximum absolute atomic E-state index is 15.0. The molecular formula is C42H54ClN5O9S. The number of allylic oxidation sites excluding steroid dienone is 1. The first-order valence-corrected chi connectivity index (χ1v) is 22.9. The van der Waals surface area contributed by atoms with Crippen LogP contribution in [0.15, 0.2) is 36.4 Å². The Morgan fingerprint density at radius 3 is 2.55 bits per heavy atom. The monoisotopic (exact) mass is 839 g/mol. The zero-order valence-electron chi connectivity index (χ0n) is 33.3. The molecular weight excluding hydrogens is 786 g/mol. The van der Waals surface area contributed by atoms with Gasteiger partial charge in [0.05, 0.1) is 18.4 Å². The van der Waals surface area contributed by atoms with Crippen LogP contribution in [0.1, 0.15) is 91.4 Å². The van der Waals surface area contributed by atoms with Crippen LogP contribution in [0.2, 0.25) is 5.02 Å². The third-order valence-electron chi connectivity index (χ3n) is 12.9. The Morgan fingerprint density at radius 2 is 1.81 bits per heavy atom. The number of hydrogen-bond donors (Lipinski definition) is 3. The van der Waals surface area contributed by atoms with Crippen molar-refractivity contribution < 1.29 is 41.8 Å². The third kappa shape index (κ3) is 8.62. The lowest BCUT2D eigenvalue weighted by Crippen LogP contribution is -2.59. The Morgan fingerprint density at radius 1 is 1.03 bits per heavy atom. The smallest absolute Gasteiger partial charge is 0.408 e. The number of nitrogens with one attached hydrogen (secondary N) is 3. The van der Waals surface area contributed by atoms with Crippen LogP contribution in [0.4, 0.5) is 4.79 Å². The number of amides is 4. The second kappa shape index (κ2) is 16.2. The first-order valence-electron chi connectivity index (χ1n) is 21.0. The minimum absolute atomic E-state index is 0.0206. The second-order valence-corrected chi connectivity index (χ2v) is 19.9. The molecule has 1 saturated heterocycles. The number of carbonyl (C=O) groups excluding carboxylic acids is 4. The molecule has 0 bridgehead atoms. The molecule has 2 aliphatic heterocycles. The number of carbonyl (C=O) groups is 4. The Hall–Kier alpha value is -4.11. The minimum atomic E-state index is -3.91. The topological polar surface area (TPSA) is 182 Å². The number of alkyl carbamates (subject to hydrolysis) is 1. The molecule has 6 aliphatic rings. The number of pyridine rings is 1. The first-order chi connectivity index (χ1) is 27.7. The standard InChI is InChI=1S/C42H54ClN5O9S/c1-4-14-55-35-20-32-31(10-7-11-33(32)43)38(44-35)56-29-19-34-37(49)46-42(40(51)47-58(53,54)30-12-13-30)21-27(42)9-6-5-8-23(2)15-24(3)36(39(50)48(34)22-29)45-41(52)57-28-17-25-16-26(25)18-28/h6-7,9-11,20,23-30,34,36H,4-5,8,12-19,21-22H2,1-3H3,(H,45,52)(H,46,49)(H,47,51)/b9-6-/t23-,24-,25+,26?,27-,28?,29-,34+,36+,42-/m1/s1. The lowest BCUT2D eigenvalue weighted by Gasteiger charge is -2.33. The first kappa shape index (κ1) is 40.7. The summed E-state index contributed by atoms with van der Waals surface area (Å²) in [6, 6.07) is 4.93. The molecule has 4 amide bonds. The summed E-state index contributed by atoms with van der Waals surface area (Å²) in [7, 11) is -3.91. The molecule has 4 saturated carbocycles. The highest BCUT2D eigenvalue weighted by atomic mass is 35.5. The SMILES string of the molecule is CCCOc1cc2c(Cl)cccc2c(O[C@@H]2C[C@H]3C(=O)N[C@]4(C(=O)NS(=O)(=O)C5CC5)C[C@H]4/C=C\CC[C@@H](C)C[C@@H](C)[C@H](NC(=O)OC4CC5C[C@H]5C4)C(=O)N3C2)n1. The van der Waals surface area contributed by atoms with Crippen molar-refractivity contribution in [1.82, 2.24) is 25.2 Å². The van der Waals surface area contributed by atoms with E-state index in [1.54, 1.807) is 18.2 Å². The van der Waals surface area contributed by atoms with Gasteiger partial charge in [-0.25, -0.2) is 13.2 Å². The number of fused-ring (bicyclic) bond motifs is 4. The van der Waals surface area contributed by atoms with Crippen LogP contribution < -0.4 is 24.8 Å². The minimum Gasteiger partial charge on any atom is -0.478 e. The van der Waals surface area contributed by atoms with Gasteiger partial charge in [-0.2, -0.15) is 4.98 Å². The number of sulfonamides is 1. The van der Waals surface area contributed by atoms with Gasteiger partial charge in [0.25, 0.3) is 5.91 Å². The predicted molar refractivity (Wildman–Crippen MR) is 215 cm³/mol. The van der Waals surface area contributed by atoms with Gasteiger partial charge in [-0.3, -0.25) is 19.1 Å². The highest BCUT2D eigenvalue weighted by Crippen LogP contribution is 2.52. The fourth-order valence-corrected chi connectivity index (χ4v) is 10.9. The average Bonchev–Trinajstić information content (AvgIpc) is 4.14. The fourth-order valence-electron chi connectivity index (χ4n) is 9.28. The molecule has 14 nitrogen and oxygen atoms in total. The maximum atomic E-state index is 15.0. The number of hydrogen-bond acceptors (Lipinski definition) is 10. The van der Waals surface area contributed by atoms with Gasteiger partial charge in [-0.05, 0) is 100 Å². The van der Waals surface area contributed by atoms with Crippen molar-refractivity contribution in [2.45, 2.75) is 126 Å². The molecule has 16 heteroatoms. The van der Waals surface area contributed by atoms with Gasteiger partial charge in [0.15, 0.2) is 0 Å². The van der Waals surface area contributed by atoms with Gasteiger partial charge in [0, 0.05) is 34.2 Å². The van der Waals surface area contributed by atoms with E-state index in [1.807, 2.05) is 32.1 Å². The van der Waals surface area contributed by atoms with Crippen molar-refractivity contribution in [2.24, 2.45) is 29.6 Å². The summed E-state index contributed by atoms with van der Waals surface area (Å²) in [5.74, 6) is -0.788. The van der Waals surface area contributed by atoms with Gasteiger partial charge >= 0.3 is 6.09 Å². The second-order valence-electron chi connectivity index (χ2n) is 17.6. The summed E-state index contributed by atoms with van der Waals surface area (Å²) in [6.07, 6.45) is 9.03. The number of nitrogens with zero attached hydrogens (tertiary/aromatic N) is 2. The van der Waals surface area contributed by atoms with E-state index < -0.39 is 68.7 Å². The van der Waals surface area contributed by atoms with Crippen molar-refractivity contribution in [3.63, 3.8) is 0 Å². The number of aromatic nitrogens is 1. The van der Waals surface area contributed by atoms with E-state index in [9.17, 15) is 27.6 Å². The molecule has 314 valence electrons. The molecule has 10 atom stereocenters. The van der Waals surface area contributed by atoms with Gasteiger partial charge in [0.2, 0.25) is 33.6 Å². The van der Waals surface area contributed by atoms with Crippen LogP contribution in [0.5, 0.6) is 11.8 Å². The van der Waals surface area contributed by atoms with E-state index in [-0.39, 0.29) is 43.2 Å². The summed E-state index contributed by atoms with van der Waals surface area (Å²) in [4.78, 5) is 63.0.